The van der Waals surface area contributed by atoms with Crippen LogP contribution < -0.4 is 4.74 Å². The van der Waals surface area contributed by atoms with Gasteiger partial charge in [-0.25, -0.2) is 4.98 Å². The summed E-state index contributed by atoms with van der Waals surface area (Å²) in [6.07, 6.45) is -3.81. The van der Waals surface area contributed by atoms with E-state index in [1.54, 1.807) is 0 Å². The number of carboxylic acid groups (broad SMARTS) is 1. The fourth-order valence-corrected chi connectivity index (χ4v) is 4.87. The van der Waals surface area contributed by atoms with E-state index in [0.29, 0.717) is 29.3 Å². The number of carbonyl (C=O) groups is 1. The molecule has 1 atom stereocenters. The van der Waals surface area contributed by atoms with Crippen molar-refractivity contribution in [1.82, 2.24) is 4.98 Å². The molecule has 1 N–H and O–H groups in total. The van der Waals surface area contributed by atoms with E-state index in [0.717, 1.165) is 33.8 Å². The maximum atomic E-state index is 12.9. The maximum absolute atomic E-state index is 12.9. The Balaban J connectivity index is 1.74. The van der Waals surface area contributed by atoms with Gasteiger partial charge in [-0.15, -0.1) is 11.3 Å². The molecular formula is C26H28F3NO3S. The van der Waals surface area contributed by atoms with E-state index < -0.39 is 17.7 Å². The van der Waals surface area contributed by atoms with Crippen LogP contribution in [0.3, 0.4) is 0 Å². The van der Waals surface area contributed by atoms with E-state index in [4.69, 9.17) is 14.8 Å². The van der Waals surface area contributed by atoms with Gasteiger partial charge < -0.3 is 9.84 Å². The van der Waals surface area contributed by atoms with E-state index >= 15 is 0 Å². The smallest absolute Gasteiger partial charge is 0.416 e. The largest absolute Gasteiger partial charge is 0.493 e. The van der Waals surface area contributed by atoms with Crippen LogP contribution in [0.5, 0.6) is 5.75 Å². The lowest BCUT2D eigenvalue weighted by molar-refractivity contribution is -0.138. The summed E-state index contributed by atoms with van der Waals surface area (Å²) in [5, 5.41) is 9.57. The molecule has 0 saturated heterocycles. The first kappa shape index (κ1) is 25.7. The van der Waals surface area contributed by atoms with Gasteiger partial charge in [-0.3, -0.25) is 4.79 Å². The number of halogens is 3. The quantitative estimate of drug-likeness (QED) is 0.337. The van der Waals surface area contributed by atoms with Crippen LogP contribution in [0.1, 0.15) is 66.3 Å². The molecule has 0 amide bonds. The highest BCUT2D eigenvalue weighted by Crippen LogP contribution is 2.38. The van der Waals surface area contributed by atoms with Crippen molar-refractivity contribution in [2.24, 2.45) is 0 Å². The number of thiazole rings is 1. The Labute approximate surface area is 201 Å². The van der Waals surface area contributed by atoms with Crippen LogP contribution in [0.4, 0.5) is 13.2 Å². The molecule has 2 aromatic carbocycles. The first-order chi connectivity index (χ1) is 16.0. The summed E-state index contributed by atoms with van der Waals surface area (Å²) >= 11 is 1.48. The Morgan fingerprint density at radius 1 is 1.12 bits per heavy atom. The van der Waals surface area contributed by atoms with Crippen LogP contribution in [-0.4, -0.2) is 22.7 Å². The minimum atomic E-state index is -4.37. The molecule has 0 bridgehead atoms. The standard InChI is InChI=1S/C26H28F3NO3S/c1-15(2)23-24(34-25(30-23)19-5-9-20(10-6-19)26(27,28)29)17(4)14-33-21-11-7-18(16(3)13-21)8-12-22(31)32/h5-7,9-11,13,15,17H,8,12,14H2,1-4H3,(H,31,32)/t17-/m0/s1. The number of benzene rings is 2. The third-order valence-corrected chi connectivity index (χ3v) is 6.91. The Morgan fingerprint density at radius 2 is 1.79 bits per heavy atom. The molecule has 3 aromatic rings. The molecule has 3 rings (SSSR count). The van der Waals surface area contributed by atoms with Gasteiger partial charge >= 0.3 is 12.1 Å². The molecule has 0 unspecified atom stereocenters. The second-order valence-electron chi connectivity index (χ2n) is 8.69. The van der Waals surface area contributed by atoms with Crippen molar-refractivity contribution in [3.05, 3.63) is 69.7 Å². The normalized spacial score (nSPS) is 12.7. The van der Waals surface area contributed by atoms with Crippen LogP contribution in [0, 0.1) is 6.92 Å². The number of ether oxygens (including phenoxy) is 1. The zero-order valence-electron chi connectivity index (χ0n) is 19.6. The van der Waals surface area contributed by atoms with Crippen LogP contribution in [-0.2, 0) is 17.4 Å². The number of carboxylic acids is 1. The predicted octanol–water partition coefficient (Wildman–Crippen LogP) is 7.46. The van der Waals surface area contributed by atoms with Crippen molar-refractivity contribution >= 4 is 17.3 Å². The number of alkyl halides is 3. The fourth-order valence-electron chi connectivity index (χ4n) is 3.61. The molecule has 8 heteroatoms. The van der Waals surface area contributed by atoms with Gasteiger partial charge in [0.05, 0.1) is 17.9 Å². The zero-order valence-corrected chi connectivity index (χ0v) is 20.4. The number of aromatic nitrogens is 1. The number of nitrogens with zero attached hydrogens (tertiary/aromatic N) is 1. The van der Waals surface area contributed by atoms with Crippen LogP contribution in [0.2, 0.25) is 0 Å². The molecule has 0 saturated carbocycles. The van der Waals surface area contributed by atoms with E-state index in [9.17, 15) is 18.0 Å². The molecule has 34 heavy (non-hydrogen) atoms. The highest BCUT2D eigenvalue weighted by molar-refractivity contribution is 7.15. The molecule has 4 nitrogen and oxygen atoms in total. The summed E-state index contributed by atoms with van der Waals surface area (Å²) in [5.74, 6) is 0.0782. The van der Waals surface area contributed by atoms with Crippen molar-refractivity contribution in [2.45, 2.75) is 58.5 Å². The average Bonchev–Trinajstić information content (AvgIpc) is 3.22. The maximum Gasteiger partial charge on any atom is 0.416 e. The molecule has 0 fully saturated rings. The second kappa shape index (κ2) is 10.6. The monoisotopic (exact) mass is 491 g/mol. The third kappa shape index (κ3) is 6.38. The summed E-state index contributed by atoms with van der Waals surface area (Å²) in [6.45, 7) is 8.49. The van der Waals surface area contributed by atoms with Crippen LogP contribution in [0.15, 0.2) is 42.5 Å². The minimum absolute atomic E-state index is 0.0325. The molecule has 0 aliphatic rings. The van der Waals surface area contributed by atoms with Crippen molar-refractivity contribution in [3.8, 4) is 16.3 Å². The number of hydrogen-bond donors (Lipinski definition) is 1. The summed E-state index contributed by atoms with van der Waals surface area (Å²) in [5.41, 5.74) is 2.87. The predicted molar refractivity (Wildman–Crippen MR) is 128 cm³/mol. The molecule has 0 aliphatic heterocycles. The zero-order chi connectivity index (χ0) is 25.0. The van der Waals surface area contributed by atoms with E-state index in [1.807, 2.05) is 45.9 Å². The van der Waals surface area contributed by atoms with Gasteiger partial charge in [-0.05, 0) is 54.7 Å². The van der Waals surface area contributed by atoms with Gasteiger partial charge in [0.25, 0.3) is 0 Å². The summed E-state index contributed by atoms with van der Waals surface area (Å²) in [4.78, 5) is 16.6. The Morgan fingerprint density at radius 3 is 2.35 bits per heavy atom. The molecule has 0 aliphatic carbocycles. The van der Waals surface area contributed by atoms with Gasteiger partial charge in [-0.1, -0.05) is 39.0 Å². The highest BCUT2D eigenvalue weighted by atomic mass is 32.1. The summed E-state index contributed by atoms with van der Waals surface area (Å²) in [6, 6.07) is 10.7. The molecular weight excluding hydrogens is 463 g/mol. The first-order valence-corrected chi connectivity index (χ1v) is 11.9. The number of aliphatic carboxylic acids is 1. The number of aryl methyl sites for hydroxylation is 2. The summed E-state index contributed by atoms with van der Waals surface area (Å²) < 4.78 is 44.7. The highest BCUT2D eigenvalue weighted by Gasteiger charge is 2.30. The second-order valence-corrected chi connectivity index (χ2v) is 9.72. The van der Waals surface area contributed by atoms with Crippen molar-refractivity contribution in [1.29, 1.82) is 0 Å². The lowest BCUT2D eigenvalue weighted by Crippen LogP contribution is -2.08. The van der Waals surface area contributed by atoms with Crippen LogP contribution >= 0.6 is 11.3 Å². The lowest BCUT2D eigenvalue weighted by Gasteiger charge is -2.15. The topological polar surface area (TPSA) is 59.4 Å². The average molecular weight is 492 g/mol. The number of rotatable bonds is 9. The first-order valence-electron chi connectivity index (χ1n) is 11.1. The van der Waals surface area contributed by atoms with Crippen molar-refractivity contribution in [3.63, 3.8) is 0 Å². The van der Waals surface area contributed by atoms with E-state index in [-0.39, 0.29) is 18.3 Å². The van der Waals surface area contributed by atoms with Gasteiger partial charge in [0.2, 0.25) is 0 Å². The van der Waals surface area contributed by atoms with Crippen molar-refractivity contribution < 1.29 is 27.8 Å². The molecule has 1 aromatic heterocycles. The van der Waals surface area contributed by atoms with Crippen molar-refractivity contribution in [2.75, 3.05) is 6.61 Å². The Hall–Kier alpha value is -2.87. The van der Waals surface area contributed by atoms with E-state index in [2.05, 4.69) is 0 Å². The van der Waals surface area contributed by atoms with Gasteiger partial charge in [0.15, 0.2) is 0 Å². The molecule has 182 valence electrons. The molecule has 1 heterocycles. The molecule has 0 spiro atoms. The lowest BCUT2D eigenvalue weighted by atomic mass is 10.0. The van der Waals surface area contributed by atoms with Crippen LogP contribution in [0.25, 0.3) is 10.6 Å². The molecule has 0 radical (unpaired) electrons. The van der Waals surface area contributed by atoms with Gasteiger partial charge in [0, 0.05) is 22.8 Å². The Bertz CT molecular complexity index is 1140. The van der Waals surface area contributed by atoms with Gasteiger partial charge in [0.1, 0.15) is 10.8 Å². The van der Waals surface area contributed by atoms with E-state index in [1.165, 1.54) is 23.5 Å². The van der Waals surface area contributed by atoms with Gasteiger partial charge in [-0.2, -0.15) is 13.2 Å². The minimum Gasteiger partial charge on any atom is -0.493 e. The Kier molecular flexibility index (Phi) is 8.02. The SMILES string of the molecule is Cc1cc(OC[C@H](C)c2sc(-c3ccc(C(F)(F)F)cc3)nc2C(C)C)ccc1CCC(=O)O. The summed E-state index contributed by atoms with van der Waals surface area (Å²) in [7, 11) is 0. The fraction of sp³-hybridized carbons (Fsp3) is 0.385. The number of hydrogen-bond acceptors (Lipinski definition) is 4. The third-order valence-electron chi connectivity index (χ3n) is 5.56.